The Kier molecular flexibility index (Phi) is 7.39. The minimum Gasteiger partial charge on any atom is -0.379 e. The zero-order chi connectivity index (χ0) is 23.3. The molecule has 0 spiro atoms. The van der Waals surface area contributed by atoms with Crippen molar-refractivity contribution in [3.05, 3.63) is 59.9 Å². The van der Waals surface area contributed by atoms with E-state index in [0.29, 0.717) is 50.8 Å². The molecule has 2 aliphatic rings. The maximum Gasteiger partial charge on any atom is 0.248 e. The van der Waals surface area contributed by atoms with Crippen molar-refractivity contribution in [3.8, 4) is 0 Å². The molecule has 8 nitrogen and oxygen atoms in total. The van der Waals surface area contributed by atoms with E-state index in [4.69, 9.17) is 9.47 Å². The molecule has 2 fully saturated rings. The minimum absolute atomic E-state index is 0.110. The molecular weight excluding hydrogens is 449 g/mol. The van der Waals surface area contributed by atoms with Crippen LogP contribution in [0, 0.1) is 5.82 Å². The van der Waals surface area contributed by atoms with Gasteiger partial charge in [0, 0.05) is 32.3 Å². The number of nitrogens with one attached hydrogen (secondary N) is 1. The van der Waals surface area contributed by atoms with E-state index in [1.807, 2.05) is 4.90 Å². The van der Waals surface area contributed by atoms with E-state index in [1.165, 1.54) is 28.6 Å². The van der Waals surface area contributed by atoms with Crippen LogP contribution in [0.15, 0.2) is 53.4 Å². The van der Waals surface area contributed by atoms with Crippen molar-refractivity contribution in [1.82, 2.24) is 4.31 Å². The van der Waals surface area contributed by atoms with Gasteiger partial charge >= 0.3 is 0 Å². The maximum atomic E-state index is 13.1. The Balaban J connectivity index is 1.60. The van der Waals surface area contributed by atoms with Gasteiger partial charge < -0.3 is 19.7 Å². The van der Waals surface area contributed by atoms with Gasteiger partial charge in [0.05, 0.1) is 42.7 Å². The van der Waals surface area contributed by atoms with Gasteiger partial charge in [-0.15, -0.1) is 0 Å². The van der Waals surface area contributed by atoms with Gasteiger partial charge in [0.15, 0.2) is 0 Å². The SMILES string of the molecule is O=C(C=Cc1ccc(F)cc1)Nc1cc(S(=O)(=O)N2CCOCC2)ccc1N1CCOCC1. The highest BCUT2D eigenvalue weighted by molar-refractivity contribution is 7.89. The molecule has 0 unspecified atom stereocenters. The zero-order valence-corrected chi connectivity index (χ0v) is 18.9. The van der Waals surface area contributed by atoms with Crippen LogP contribution in [0.4, 0.5) is 15.8 Å². The molecule has 0 aliphatic carbocycles. The molecule has 2 saturated heterocycles. The fraction of sp³-hybridized carbons (Fsp3) is 0.348. The molecule has 0 radical (unpaired) electrons. The largest absolute Gasteiger partial charge is 0.379 e. The van der Waals surface area contributed by atoms with Crippen LogP contribution in [0.3, 0.4) is 0 Å². The van der Waals surface area contributed by atoms with Crippen LogP contribution >= 0.6 is 0 Å². The van der Waals surface area contributed by atoms with Gasteiger partial charge in [0.25, 0.3) is 0 Å². The lowest BCUT2D eigenvalue weighted by molar-refractivity contribution is -0.111. The van der Waals surface area contributed by atoms with Crippen LogP contribution in [0.25, 0.3) is 6.08 Å². The summed E-state index contributed by atoms with van der Waals surface area (Å²) in [5.41, 5.74) is 1.80. The van der Waals surface area contributed by atoms with E-state index in [0.717, 1.165) is 5.69 Å². The number of anilines is 2. The normalized spacial score (nSPS) is 17.9. The third kappa shape index (κ3) is 5.77. The summed E-state index contributed by atoms with van der Waals surface area (Å²) in [6, 6.07) is 10.5. The number of amides is 1. The Morgan fingerprint density at radius 3 is 2.24 bits per heavy atom. The molecule has 2 heterocycles. The summed E-state index contributed by atoms with van der Waals surface area (Å²) in [6.45, 7) is 3.63. The number of carbonyl (C=O) groups excluding carboxylic acids is 1. The zero-order valence-electron chi connectivity index (χ0n) is 18.1. The average Bonchev–Trinajstić information content (AvgIpc) is 2.85. The Morgan fingerprint density at radius 2 is 1.58 bits per heavy atom. The molecule has 1 amide bonds. The van der Waals surface area contributed by atoms with Crippen LogP contribution in [-0.4, -0.2) is 71.2 Å². The Hall–Kier alpha value is -2.79. The number of morpholine rings is 2. The second kappa shape index (κ2) is 10.4. The van der Waals surface area contributed by atoms with Gasteiger partial charge in [-0.1, -0.05) is 12.1 Å². The van der Waals surface area contributed by atoms with E-state index in [-0.39, 0.29) is 23.8 Å². The molecule has 0 bridgehead atoms. The molecule has 176 valence electrons. The predicted molar refractivity (Wildman–Crippen MR) is 123 cm³/mol. The Morgan fingerprint density at radius 1 is 0.939 bits per heavy atom. The van der Waals surface area contributed by atoms with E-state index in [2.05, 4.69) is 5.32 Å². The summed E-state index contributed by atoms with van der Waals surface area (Å²) in [7, 11) is -3.72. The lowest BCUT2D eigenvalue weighted by atomic mass is 10.2. The summed E-state index contributed by atoms with van der Waals surface area (Å²) < 4.78 is 51.4. The smallest absolute Gasteiger partial charge is 0.248 e. The second-order valence-corrected chi connectivity index (χ2v) is 9.61. The maximum absolute atomic E-state index is 13.1. The molecule has 33 heavy (non-hydrogen) atoms. The standard InChI is InChI=1S/C23H26FN3O5S/c24-19-4-1-18(2-5-19)3-8-23(28)25-21-17-20(33(29,30)27-11-15-32-16-12-27)6-7-22(21)26-9-13-31-14-10-26/h1-8,17H,9-16H2,(H,25,28). The van der Waals surface area contributed by atoms with E-state index < -0.39 is 15.9 Å². The van der Waals surface area contributed by atoms with Crippen LogP contribution in [0.5, 0.6) is 0 Å². The highest BCUT2D eigenvalue weighted by Gasteiger charge is 2.28. The number of carbonyl (C=O) groups is 1. The van der Waals surface area contributed by atoms with Gasteiger partial charge in [0.1, 0.15) is 5.82 Å². The fourth-order valence-corrected chi connectivity index (χ4v) is 5.15. The minimum atomic E-state index is -3.72. The Labute approximate surface area is 192 Å². The van der Waals surface area contributed by atoms with Crippen LogP contribution < -0.4 is 10.2 Å². The third-order valence-corrected chi connectivity index (χ3v) is 7.38. The van der Waals surface area contributed by atoms with E-state index >= 15 is 0 Å². The summed E-state index contributed by atoms with van der Waals surface area (Å²) in [5, 5.41) is 2.81. The number of hydrogen-bond acceptors (Lipinski definition) is 6. The summed E-state index contributed by atoms with van der Waals surface area (Å²) >= 11 is 0. The van der Waals surface area contributed by atoms with Gasteiger partial charge in [-0.05, 0) is 42.0 Å². The number of rotatable bonds is 6. The highest BCUT2D eigenvalue weighted by atomic mass is 32.2. The fourth-order valence-electron chi connectivity index (χ4n) is 3.71. The average molecular weight is 476 g/mol. The molecule has 0 saturated carbocycles. The predicted octanol–water partition coefficient (Wildman–Crippen LogP) is 2.34. The van der Waals surface area contributed by atoms with Crippen molar-refractivity contribution >= 4 is 33.4 Å². The van der Waals surface area contributed by atoms with Crippen molar-refractivity contribution in [2.45, 2.75) is 4.90 Å². The van der Waals surface area contributed by atoms with Gasteiger partial charge in [-0.3, -0.25) is 4.79 Å². The number of nitrogens with zero attached hydrogens (tertiary/aromatic N) is 2. The first-order chi connectivity index (χ1) is 15.9. The molecule has 2 aliphatic heterocycles. The number of benzene rings is 2. The summed E-state index contributed by atoms with van der Waals surface area (Å²) in [5.74, 6) is -0.778. The molecule has 0 atom stereocenters. The van der Waals surface area contributed by atoms with Crippen molar-refractivity contribution < 1.29 is 27.1 Å². The lowest BCUT2D eigenvalue weighted by Gasteiger charge is -2.31. The first-order valence-electron chi connectivity index (χ1n) is 10.7. The van der Waals surface area contributed by atoms with Gasteiger partial charge in [-0.2, -0.15) is 4.31 Å². The number of ether oxygens (including phenoxy) is 2. The first kappa shape index (κ1) is 23.4. The monoisotopic (exact) mass is 475 g/mol. The summed E-state index contributed by atoms with van der Waals surface area (Å²) in [6.07, 6.45) is 2.90. The summed E-state index contributed by atoms with van der Waals surface area (Å²) in [4.78, 5) is 14.8. The van der Waals surface area contributed by atoms with Gasteiger partial charge in [0.2, 0.25) is 15.9 Å². The van der Waals surface area contributed by atoms with Crippen molar-refractivity contribution in [1.29, 1.82) is 0 Å². The van der Waals surface area contributed by atoms with Crippen LogP contribution in [0.2, 0.25) is 0 Å². The van der Waals surface area contributed by atoms with Gasteiger partial charge in [-0.25, -0.2) is 12.8 Å². The van der Waals surface area contributed by atoms with Crippen molar-refractivity contribution in [2.75, 3.05) is 62.8 Å². The highest BCUT2D eigenvalue weighted by Crippen LogP contribution is 2.31. The number of hydrogen-bond donors (Lipinski definition) is 1. The van der Waals surface area contributed by atoms with E-state index in [9.17, 15) is 17.6 Å². The topological polar surface area (TPSA) is 88.2 Å². The molecular formula is C23H26FN3O5S. The molecule has 2 aromatic carbocycles. The van der Waals surface area contributed by atoms with Crippen molar-refractivity contribution in [3.63, 3.8) is 0 Å². The second-order valence-electron chi connectivity index (χ2n) is 7.67. The van der Waals surface area contributed by atoms with Crippen LogP contribution in [-0.2, 0) is 24.3 Å². The molecule has 0 aromatic heterocycles. The third-order valence-electron chi connectivity index (χ3n) is 5.48. The quantitative estimate of drug-likeness (QED) is 0.646. The molecule has 10 heteroatoms. The molecule has 1 N–H and O–H groups in total. The molecule has 2 aromatic rings. The van der Waals surface area contributed by atoms with E-state index in [1.54, 1.807) is 30.3 Å². The first-order valence-corrected chi connectivity index (χ1v) is 12.2. The number of sulfonamides is 1. The number of halogens is 1. The lowest BCUT2D eigenvalue weighted by Crippen LogP contribution is -2.40. The van der Waals surface area contributed by atoms with Crippen LogP contribution in [0.1, 0.15) is 5.56 Å². The molecule has 4 rings (SSSR count). The Bertz CT molecular complexity index is 1110. The van der Waals surface area contributed by atoms with Crippen molar-refractivity contribution in [2.24, 2.45) is 0 Å².